The maximum absolute atomic E-state index is 12.1. The quantitative estimate of drug-likeness (QED) is 0.388. The van der Waals surface area contributed by atoms with Gasteiger partial charge in [-0.15, -0.1) is 0 Å². The van der Waals surface area contributed by atoms with Crippen LogP contribution >= 0.6 is 0 Å². The number of aliphatic hydroxyl groups excluding tert-OH is 1. The first-order chi connectivity index (χ1) is 10.9. The molecule has 1 N–H and O–H groups in total. The second kappa shape index (κ2) is 6.60. The van der Waals surface area contributed by atoms with Gasteiger partial charge in [0.25, 0.3) is 0 Å². The lowest BCUT2D eigenvalue weighted by Crippen LogP contribution is -2.26. The average Bonchev–Trinajstić information content (AvgIpc) is 2.50. The average molecular weight is 318 g/mol. The summed E-state index contributed by atoms with van der Waals surface area (Å²) in [5.41, 5.74) is -0.469. The summed E-state index contributed by atoms with van der Waals surface area (Å²) in [6, 6.07) is 0. The summed E-state index contributed by atoms with van der Waals surface area (Å²) in [6.45, 7) is 5.16. The molecule has 2 rings (SSSR count). The summed E-state index contributed by atoms with van der Waals surface area (Å²) < 4.78 is 6.33. The van der Waals surface area contributed by atoms with Crippen molar-refractivity contribution in [1.82, 2.24) is 9.78 Å². The number of nitrogens with zero attached hydrogens (tertiary/aromatic N) is 2. The zero-order valence-corrected chi connectivity index (χ0v) is 13.1. The molecule has 0 aliphatic heterocycles. The van der Waals surface area contributed by atoms with Crippen LogP contribution in [-0.4, -0.2) is 33.1 Å². The molecule has 1 saturated carbocycles. The van der Waals surface area contributed by atoms with Gasteiger partial charge in [0, 0.05) is 25.5 Å². The molecular formula is C16H18N2O5. The van der Waals surface area contributed by atoms with Gasteiger partial charge in [-0.3, -0.25) is 14.4 Å². The van der Waals surface area contributed by atoms with Gasteiger partial charge in [-0.25, -0.2) is 4.68 Å². The highest BCUT2D eigenvalue weighted by molar-refractivity contribution is 6.25. The van der Waals surface area contributed by atoms with Gasteiger partial charge in [-0.05, 0) is 13.3 Å². The molecular weight excluding hydrogens is 300 g/mol. The van der Waals surface area contributed by atoms with Crippen molar-refractivity contribution in [1.29, 1.82) is 0 Å². The Balaban J connectivity index is 2.65. The van der Waals surface area contributed by atoms with Crippen LogP contribution in [0.5, 0.6) is 5.75 Å². The molecule has 7 heteroatoms. The van der Waals surface area contributed by atoms with Crippen LogP contribution < -0.4 is 10.3 Å². The monoisotopic (exact) mass is 318 g/mol. The molecule has 0 aromatic carbocycles. The number of ketones is 2. The fraction of sp³-hybridized carbons (Fsp3) is 0.375. The van der Waals surface area contributed by atoms with Crippen LogP contribution in [-0.2, 0) is 16.6 Å². The van der Waals surface area contributed by atoms with Crippen molar-refractivity contribution in [3.63, 3.8) is 0 Å². The molecule has 1 aliphatic carbocycles. The van der Waals surface area contributed by atoms with Crippen molar-refractivity contribution >= 4 is 17.3 Å². The number of rotatable bonds is 4. The lowest BCUT2D eigenvalue weighted by molar-refractivity contribution is -0.123. The van der Waals surface area contributed by atoms with Gasteiger partial charge in [0.2, 0.25) is 0 Å². The van der Waals surface area contributed by atoms with Crippen LogP contribution in [0, 0.1) is 6.92 Å². The van der Waals surface area contributed by atoms with E-state index in [1.807, 2.05) is 0 Å². The molecule has 122 valence electrons. The fourth-order valence-corrected chi connectivity index (χ4v) is 2.42. The fourth-order valence-electron chi connectivity index (χ4n) is 2.42. The maximum atomic E-state index is 12.1. The van der Waals surface area contributed by atoms with E-state index in [9.17, 15) is 19.5 Å². The Morgan fingerprint density at radius 3 is 2.52 bits per heavy atom. The van der Waals surface area contributed by atoms with Gasteiger partial charge in [0.15, 0.2) is 23.1 Å². The SMILES string of the molecule is C=CCOc1c(C)c(C(O)=C2C(=O)CCCC2=O)nn(C)c1=O. The molecule has 1 aliphatic rings. The number of aliphatic hydroxyl groups is 1. The summed E-state index contributed by atoms with van der Waals surface area (Å²) in [5, 5.41) is 14.4. The summed E-state index contributed by atoms with van der Waals surface area (Å²) in [5.74, 6) is -1.33. The van der Waals surface area contributed by atoms with Crippen molar-refractivity contribution in [3.8, 4) is 5.75 Å². The standard InChI is InChI=1S/C16H18N2O5/c1-4-8-23-15-9(2)13(17-18(3)16(15)22)14(21)12-10(19)6-5-7-11(12)20/h4,21H,1,5-8H2,2-3H3. The zero-order valence-electron chi connectivity index (χ0n) is 13.1. The molecule has 0 amide bonds. The second-order valence-corrected chi connectivity index (χ2v) is 5.25. The van der Waals surface area contributed by atoms with Crippen molar-refractivity contribution in [2.24, 2.45) is 7.05 Å². The zero-order chi connectivity index (χ0) is 17.1. The van der Waals surface area contributed by atoms with Crippen molar-refractivity contribution in [2.75, 3.05) is 6.61 Å². The van der Waals surface area contributed by atoms with Gasteiger partial charge >= 0.3 is 5.56 Å². The van der Waals surface area contributed by atoms with Crippen LogP contribution in [0.25, 0.3) is 5.76 Å². The van der Waals surface area contributed by atoms with Crippen molar-refractivity contribution in [2.45, 2.75) is 26.2 Å². The van der Waals surface area contributed by atoms with Gasteiger partial charge in [0.05, 0.1) is 0 Å². The van der Waals surface area contributed by atoms with E-state index in [1.165, 1.54) is 20.0 Å². The third kappa shape index (κ3) is 3.08. The molecule has 7 nitrogen and oxygen atoms in total. The number of allylic oxidation sites excluding steroid dienone is 1. The summed E-state index contributed by atoms with van der Waals surface area (Å²) in [4.78, 5) is 36.0. The first kappa shape index (κ1) is 16.7. The Labute approximate surface area is 132 Å². The molecule has 1 heterocycles. The molecule has 0 saturated heterocycles. The molecule has 0 unspecified atom stereocenters. The third-order valence-electron chi connectivity index (χ3n) is 3.61. The first-order valence-electron chi connectivity index (χ1n) is 7.20. The van der Waals surface area contributed by atoms with E-state index in [-0.39, 0.29) is 42.0 Å². The van der Waals surface area contributed by atoms with E-state index >= 15 is 0 Å². The first-order valence-corrected chi connectivity index (χ1v) is 7.20. The minimum absolute atomic E-state index is 0.000238. The Bertz CT molecular complexity index is 755. The second-order valence-electron chi connectivity index (χ2n) is 5.25. The number of aromatic nitrogens is 2. The van der Waals surface area contributed by atoms with Gasteiger partial charge in [-0.1, -0.05) is 12.7 Å². The smallest absolute Gasteiger partial charge is 0.309 e. The number of aryl methyl sites for hydroxylation is 1. The molecule has 0 spiro atoms. The van der Waals surface area contributed by atoms with E-state index in [0.717, 1.165) is 4.68 Å². The van der Waals surface area contributed by atoms with E-state index in [1.54, 1.807) is 0 Å². The lowest BCUT2D eigenvalue weighted by atomic mass is 9.90. The summed E-state index contributed by atoms with van der Waals surface area (Å²) in [7, 11) is 1.40. The summed E-state index contributed by atoms with van der Waals surface area (Å²) in [6.07, 6.45) is 2.36. The molecule has 0 radical (unpaired) electrons. The van der Waals surface area contributed by atoms with Crippen LogP contribution in [0.3, 0.4) is 0 Å². The Kier molecular flexibility index (Phi) is 4.78. The van der Waals surface area contributed by atoms with Crippen molar-refractivity contribution < 1.29 is 19.4 Å². The predicted molar refractivity (Wildman–Crippen MR) is 83.3 cm³/mol. The van der Waals surface area contributed by atoms with Crippen LogP contribution in [0.2, 0.25) is 0 Å². The molecule has 0 bridgehead atoms. The minimum atomic E-state index is -0.503. The van der Waals surface area contributed by atoms with Crippen LogP contribution in [0.1, 0.15) is 30.5 Å². The molecule has 0 atom stereocenters. The van der Waals surface area contributed by atoms with Crippen LogP contribution in [0.15, 0.2) is 23.0 Å². The highest BCUT2D eigenvalue weighted by Gasteiger charge is 2.30. The van der Waals surface area contributed by atoms with Gasteiger partial charge in [0.1, 0.15) is 17.9 Å². The topological polar surface area (TPSA) is 98.5 Å². The Hall–Kier alpha value is -2.70. The highest BCUT2D eigenvalue weighted by atomic mass is 16.5. The van der Waals surface area contributed by atoms with E-state index in [4.69, 9.17) is 4.74 Å². The van der Waals surface area contributed by atoms with E-state index in [2.05, 4.69) is 11.7 Å². The summed E-state index contributed by atoms with van der Waals surface area (Å²) >= 11 is 0. The van der Waals surface area contributed by atoms with E-state index in [0.29, 0.717) is 6.42 Å². The largest absolute Gasteiger partial charge is 0.505 e. The van der Waals surface area contributed by atoms with Crippen LogP contribution in [0.4, 0.5) is 0 Å². The molecule has 1 aromatic rings. The number of Topliss-reactive ketones (excluding diaryl/α,β-unsaturated/α-hetero) is 2. The normalized spacial score (nSPS) is 14.8. The molecule has 1 aromatic heterocycles. The Morgan fingerprint density at radius 1 is 1.35 bits per heavy atom. The number of hydrogen-bond donors (Lipinski definition) is 1. The Morgan fingerprint density at radius 2 is 1.96 bits per heavy atom. The highest BCUT2D eigenvalue weighted by Crippen LogP contribution is 2.27. The number of carbonyl (C=O) groups excluding carboxylic acids is 2. The predicted octanol–water partition coefficient (Wildman–Crippen LogP) is 1.24. The maximum Gasteiger partial charge on any atom is 0.309 e. The molecule has 1 fully saturated rings. The number of carbonyl (C=O) groups is 2. The van der Waals surface area contributed by atoms with Crippen molar-refractivity contribution in [3.05, 3.63) is 39.8 Å². The van der Waals surface area contributed by atoms with E-state index < -0.39 is 22.9 Å². The number of ether oxygens (including phenoxy) is 1. The number of hydrogen-bond acceptors (Lipinski definition) is 6. The van der Waals surface area contributed by atoms with Gasteiger partial charge < -0.3 is 9.84 Å². The lowest BCUT2D eigenvalue weighted by Gasteiger charge is -2.16. The van der Waals surface area contributed by atoms with Gasteiger partial charge in [-0.2, -0.15) is 5.10 Å². The minimum Gasteiger partial charge on any atom is -0.505 e. The molecule has 23 heavy (non-hydrogen) atoms. The third-order valence-corrected chi connectivity index (χ3v) is 3.61.